The average molecular weight is 298 g/mol. The summed E-state index contributed by atoms with van der Waals surface area (Å²) in [6.45, 7) is 3.90. The number of nitrogens with zero attached hydrogens (tertiary/aromatic N) is 1. The fraction of sp³-hybridized carbons (Fsp3) is 0.231. The Morgan fingerprint density at radius 1 is 1.39 bits per heavy atom. The lowest BCUT2D eigenvalue weighted by Gasteiger charge is -2.18. The van der Waals surface area contributed by atoms with E-state index >= 15 is 0 Å². The Morgan fingerprint density at radius 3 is 2.61 bits per heavy atom. The van der Waals surface area contributed by atoms with Crippen LogP contribution in [0.5, 0.6) is 0 Å². The van der Waals surface area contributed by atoms with Gasteiger partial charge in [0, 0.05) is 11.1 Å². The molecule has 0 N–H and O–H groups in total. The molecule has 0 aromatic heterocycles. The van der Waals surface area contributed by atoms with Crippen molar-refractivity contribution in [2.75, 3.05) is 0 Å². The number of carbonyl (C=O) groups excluding carboxylic acids is 1. The number of thioether (sulfide) groups is 1. The van der Waals surface area contributed by atoms with E-state index in [-0.39, 0.29) is 11.9 Å². The molecule has 1 amide bonds. The van der Waals surface area contributed by atoms with Crippen molar-refractivity contribution in [3.8, 4) is 0 Å². The molecule has 0 bridgehead atoms. The summed E-state index contributed by atoms with van der Waals surface area (Å²) in [5.41, 5.74) is 0.837. The molecule has 1 heterocycles. The largest absolute Gasteiger partial charge is 0.290 e. The fourth-order valence-electron chi connectivity index (χ4n) is 1.66. The SMILES string of the molecule is CC(C)N1C(=O)C(=Cc2ccccc2Cl)SC1=S. The minimum absolute atomic E-state index is 0.0417. The van der Waals surface area contributed by atoms with Crippen molar-refractivity contribution >= 4 is 51.9 Å². The molecule has 1 aliphatic heterocycles. The quantitative estimate of drug-likeness (QED) is 0.609. The van der Waals surface area contributed by atoms with Gasteiger partial charge >= 0.3 is 0 Å². The van der Waals surface area contributed by atoms with E-state index in [2.05, 4.69) is 0 Å². The highest BCUT2D eigenvalue weighted by atomic mass is 35.5. The smallest absolute Gasteiger partial charge is 0.266 e. The Morgan fingerprint density at radius 2 is 2.06 bits per heavy atom. The summed E-state index contributed by atoms with van der Waals surface area (Å²) in [6.07, 6.45) is 1.80. The van der Waals surface area contributed by atoms with Gasteiger partial charge in [0.15, 0.2) is 0 Å². The zero-order valence-corrected chi connectivity index (χ0v) is 12.4. The van der Waals surface area contributed by atoms with Gasteiger partial charge in [0.25, 0.3) is 5.91 Å². The van der Waals surface area contributed by atoms with Crippen molar-refractivity contribution in [1.82, 2.24) is 4.90 Å². The van der Waals surface area contributed by atoms with Crippen LogP contribution in [0.25, 0.3) is 6.08 Å². The van der Waals surface area contributed by atoms with Crippen LogP contribution in [0.1, 0.15) is 19.4 Å². The maximum Gasteiger partial charge on any atom is 0.266 e. The molecule has 0 radical (unpaired) electrons. The molecule has 0 aliphatic carbocycles. The Bertz CT molecular complexity index is 540. The Labute approximate surface area is 121 Å². The third-order valence-corrected chi connectivity index (χ3v) is 4.21. The van der Waals surface area contributed by atoms with E-state index < -0.39 is 0 Å². The van der Waals surface area contributed by atoms with E-state index in [0.717, 1.165) is 5.56 Å². The van der Waals surface area contributed by atoms with E-state index in [4.69, 9.17) is 23.8 Å². The van der Waals surface area contributed by atoms with Gasteiger partial charge in [0.1, 0.15) is 4.32 Å². The molecule has 1 aliphatic rings. The molecule has 2 nitrogen and oxygen atoms in total. The summed E-state index contributed by atoms with van der Waals surface area (Å²) in [6, 6.07) is 7.51. The first-order valence-electron chi connectivity index (χ1n) is 5.52. The lowest BCUT2D eigenvalue weighted by molar-refractivity contribution is -0.123. The van der Waals surface area contributed by atoms with Gasteiger partial charge in [-0.15, -0.1) is 0 Å². The molecular formula is C13H12ClNOS2. The topological polar surface area (TPSA) is 20.3 Å². The maximum atomic E-state index is 12.2. The van der Waals surface area contributed by atoms with Crippen LogP contribution in [-0.4, -0.2) is 21.2 Å². The minimum atomic E-state index is -0.0417. The third kappa shape index (κ3) is 2.60. The summed E-state index contributed by atoms with van der Waals surface area (Å²) < 4.78 is 0.605. The zero-order chi connectivity index (χ0) is 13.3. The Hall–Kier alpha value is -0.840. The number of amides is 1. The van der Waals surface area contributed by atoms with E-state index in [1.54, 1.807) is 17.0 Å². The van der Waals surface area contributed by atoms with Gasteiger partial charge in [-0.3, -0.25) is 9.69 Å². The van der Waals surface area contributed by atoms with E-state index in [0.29, 0.717) is 14.2 Å². The second kappa shape index (κ2) is 5.43. The van der Waals surface area contributed by atoms with Crippen LogP contribution in [0.3, 0.4) is 0 Å². The van der Waals surface area contributed by atoms with Gasteiger partial charge in [-0.2, -0.15) is 0 Å². The number of benzene rings is 1. The molecule has 1 aromatic carbocycles. The zero-order valence-electron chi connectivity index (χ0n) is 10.0. The molecule has 0 unspecified atom stereocenters. The van der Waals surface area contributed by atoms with Crippen molar-refractivity contribution in [2.24, 2.45) is 0 Å². The van der Waals surface area contributed by atoms with Crippen LogP contribution in [0.15, 0.2) is 29.2 Å². The summed E-state index contributed by atoms with van der Waals surface area (Å²) in [5.74, 6) is -0.0417. The van der Waals surface area contributed by atoms with Gasteiger partial charge in [0.05, 0.1) is 4.91 Å². The van der Waals surface area contributed by atoms with Crippen molar-refractivity contribution < 1.29 is 4.79 Å². The lowest BCUT2D eigenvalue weighted by Crippen LogP contribution is -2.34. The number of rotatable bonds is 2. The molecule has 1 saturated heterocycles. The summed E-state index contributed by atoms with van der Waals surface area (Å²) in [5, 5.41) is 0.632. The first-order chi connectivity index (χ1) is 8.50. The van der Waals surface area contributed by atoms with Gasteiger partial charge < -0.3 is 0 Å². The number of thiocarbonyl (C=S) groups is 1. The molecule has 0 spiro atoms. The maximum absolute atomic E-state index is 12.2. The molecule has 94 valence electrons. The predicted octanol–water partition coefficient (Wildman–Crippen LogP) is 3.95. The number of hydrogen-bond acceptors (Lipinski definition) is 3. The van der Waals surface area contributed by atoms with Crippen LogP contribution >= 0.6 is 35.6 Å². The molecule has 2 rings (SSSR count). The van der Waals surface area contributed by atoms with Crippen LogP contribution in [0, 0.1) is 0 Å². The Kier molecular flexibility index (Phi) is 4.10. The Balaban J connectivity index is 2.34. The normalized spacial score (nSPS) is 18.2. The van der Waals surface area contributed by atoms with Crippen molar-refractivity contribution in [3.05, 3.63) is 39.8 Å². The van der Waals surface area contributed by atoms with Crippen molar-refractivity contribution in [2.45, 2.75) is 19.9 Å². The molecule has 1 fully saturated rings. The van der Waals surface area contributed by atoms with E-state index in [9.17, 15) is 4.79 Å². The highest BCUT2D eigenvalue weighted by molar-refractivity contribution is 8.26. The monoisotopic (exact) mass is 297 g/mol. The standard InChI is InChI=1S/C13H12ClNOS2/c1-8(2)15-12(16)11(18-13(15)17)7-9-5-3-4-6-10(9)14/h3-8H,1-2H3. The minimum Gasteiger partial charge on any atom is -0.290 e. The lowest BCUT2D eigenvalue weighted by atomic mass is 10.2. The average Bonchev–Trinajstić information content (AvgIpc) is 2.57. The van der Waals surface area contributed by atoms with Crippen LogP contribution in [-0.2, 0) is 4.79 Å². The number of hydrogen-bond donors (Lipinski definition) is 0. The van der Waals surface area contributed by atoms with Gasteiger partial charge in [-0.05, 0) is 31.6 Å². The van der Waals surface area contributed by atoms with Gasteiger partial charge in [0.2, 0.25) is 0 Å². The van der Waals surface area contributed by atoms with E-state index in [1.807, 2.05) is 32.0 Å². The van der Waals surface area contributed by atoms with Gasteiger partial charge in [-0.1, -0.05) is 53.8 Å². The summed E-state index contributed by atoms with van der Waals surface area (Å²) in [4.78, 5) is 14.4. The highest BCUT2D eigenvalue weighted by Gasteiger charge is 2.33. The predicted molar refractivity (Wildman–Crippen MR) is 81.6 cm³/mol. The number of carbonyl (C=O) groups is 1. The van der Waals surface area contributed by atoms with Crippen LogP contribution in [0.4, 0.5) is 0 Å². The van der Waals surface area contributed by atoms with Crippen LogP contribution < -0.4 is 0 Å². The molecule has 1 aromatic rings. The summed E-state index contributed by atoms with van der Waals surface area (Å²) in [7, 11) is 0. The van der Waals surface area contributed by atoms with Gasteiger partial charge in [-0.25, -0.2) is 0 Å². The molecule has 0 saturated carbocycles. The second-order valence-corrected chi connectivity index (χ2v) is 6.25. The third-order valence-electron chi connectivity index (χ3n) is 2.53. The molecular weight excluding hydrogens is 286 g/mol. The first kappa shape index (κ1) is 13.6. The van der Waals surface area contributed by atoms with Crippen LogP contribution in [0.2, 0.25) is 5.02 Å². The summed E-state index contributed by atoms with van der Waals surface area (Å²) >= 11 is 12.6. The highest BCUT2D eigenvalue weighted by Crippen LogP contribution is 2.34. The fourth-order valence-corrected chi connectivity index (χ4v) is 3.36. The second-order valence-electron chi connectivity index (χ2n) is 4.17. The van der Waals surface area contributed by atoms with Crippen molar-refractivity contribution in [3.63, 3.8) is 0 Å². The van der Waals surface area contributed by atoms with Crippen molar-refractivity contribution in [1.29, 1.82) is 0 Å². The van der Waals surface area contributed by atoms with E-state index in [1.165, 1.54) is 11.8 Å². The number of halogens is 1. The first-order valence-corrected chi connectivity index (χ1v) is 7.12. The molecule has 0 atom stereocenters. The molecule has 18 heavy (non-hydrogen) atoms. The molecule has 5 heteroatoms.